The van der Waals surface area contributed by atoms with Crippen LogP contribution in [0.2, 0.25) is 0 Å². The van der Waals surface area contributed by atoms with E-state index in [1.165, 1.54) is 11.1 Å². The lowest BCUT2D eigenvalue weighted by Gasteiger charge is -2.20. The van der Waals surface area contributed by atoms with Crippen LogP contribution in [0.3, 0.4) is 0 Å². The SMILES string of the molecule is Cc1ccc(C(=O)CN(C)c2ccccc2C)cc1. The highest BCUT2D eigenvalue weighted by Crippen LogP contribution is 2.18. The number of ketones is 1. The first-order valence-corrected chi connectivity index (χ1v) is 6.44. The quantitative estimate of drug-likeness (QED) is 0.776. The van der Waals surface area contributed by atoms with E-state index in [2.05, 4.69) is 13.0 Å². The zero-order chi connectivity index (χ0) is 13.8. The van der Waals surface area contributed by atoms with Gasteiger partial charge in [0.2, 0.25) is 0 Å². The molecule has 0 amide bonds. The topological polar surface area (TPSA) is 20.3 Å². The molecule has 0 saturated carbocycles. The normalized spacial score (nSPS) is 10.3. The summed E-state index contributed by atoms with van der Waals surface area (Å²) in [6.45, 7) is 4.48. The van der Waals surface area contributed by atoms with E-state index in [1.807, 2.05) is 61.3 Å². The number of hydrogen-bond acceptors (Lipinski definition) is 2. The second kappa shape index (κ2) is 5.70. The van der Waals surface area contributed by atoms with Crippen molar-refractivity contribution in [3.05, 3.63) is 65.2 Å². The van der Waals surface area contributed by atoms with Gasteiger partial charge in [0.1, 0.15) is 0 Å². The standard InChI is InChI=1S/C17H19NO/c1-13-8-10-15(11-9-13)17(19)12-18(3)16-7-5-4-6-14(16)2/h4-11H,12H2,1-3H3. The first kappa shape index (κ1) is 13.3. The fourth-order valence-corrected chi connectivity index (χ4v) is 2.12. The number of benzene rings is 2. The Labute approximate surface area is 114 Å². The lowest BCUT2D eigenvalue weighted by atomic mass is 10.1. The predicted octanol–water partition coefficient (Wildman–Crippen LogP) is 3.62. The van der Waals surface area contributed by atoms with Crippen molar-refractivity contribution >= 4 is 11.5 Å². The number of para-hydroxylation sites is 1. The molecule has 0 spiro atoms. The molecule has 2 aromatic rings. The Bertz CT molecular complexity index is 572. The second-order valence-electron chi connectivity index (χ2n) is 4.93. The molecule has 19 heavy (non-hydrogen) atoms. The number of nitrogens with zero attached hydrogens (tertiary/aromatic N) is 1. The number of carbonyl (C=O) groups is 1. The summed E-state index contributed by atoms with van der Waals surface area (Å²) < 4.78 is 0. The molecule has 0 aliphatic rings. The summed E-state index contributed by atoms with van der Waals surface area (Å²) in [7, 11) is 1.95. The number of anilines is 1. The summed E-state index contributed by atoms with van der Waals surface area (Å²) in [4.78, 5) is 14.2. The highest BCUT2D eigenvalue weighted by molar-refractivity contribution is 5.99. The molecule has 0 aliphatic heterocycles. The van der Waals surface area contributed by atoms with Gasteiger partial charge in [-0.05, 0) is 25.5 Å². The van der Waals surface area contributed by atoms with Gasteiger partial charge >= 0.3 is 0 Å². The summed E-state index contributed by atoms with van der Waals surface area (Å²) in [6, 6.07) is 15.8. The van der Waals surface area contributed by atoms with E-state index in [1.54, 1.807) is 0 Å². The average Bonchev–Trinajstić information content (AvgIpc) is 2.39. The molecule has 2 rings (SSSR count). The summed E-state index contributed by atoms with van der Waals surface area (Å²) in [6.07, 6.45) is 0. The highest BCUT2D eigenvalue weighted by Gasteiger charge is 2.10. The minimum absolute atomic E-state index is 0.144. The molecule has 0 aromatic heterocycles. The third-order valence-electron chi connectivity index (χ3n) is 3.28. The monoisotopic (exact) mass is 253 g/mol. The molecule has 0 fully saturated rings. The maximum atomic E-state index is 12.2. The Kier molecular flexibility index (Phi) is 4.00. The zero-order valence-corrected chi connectivity index (χ0v) is 11.7. The smallest absolute Gasteiger partial charge is 0.182 e. The maximum Gasteiger partial charge on any atom is 0.182 e. The predicted molar refractivity (Wildman–Crippen MR) is 80.0 cm³/mol. The van der Waals surface area contributed by atoms with Gasteiger partial charge in [0.25, 0.3) is 0 Å². The minimum Gasteiger partial charge on any atom is -0.367 e. The van der Waals surface area contributed by atoms with Crippen LogP contribution in [0.1, 0.15) is 21.5 Å². The summed E-state index contributed by atoms with van der Waals surface area (Å²) >= 11 is 0. The number of rotatable bonds is 4. The molecule has 0 atom stereocenters. The summed E-state index contributed by atoms with van der Waals surface area (Å²) in [5.74, 6) is 0.144. The third kappa shape index (κ3) is 3.22. The van der Waals surface area contributed by atoms with E-state index < -0.39 is 0 Å². The fourth-order valence-electron chi connectivity index (χ4n) is 2.12. The Morgan fingerprint density at radius 3 is 2.26 bits per heavy atom. The van der Waals surface area contributed by atoms with Crippen LogP contribution in [0.5, 0.6) is 0 Å². The molecule has 0 heterocycles. The number of aryl methyl sites for hydroxylation is 2. The zero-order valence-electron chi connectivity index (χ0n) is 11.7. The van der Waals surface area contributed by atoms with Gasteiger partial charge in [0.15, 0.2) is 5.78 Å². The van der Waals surface area contributed by atoms with E-state index in [0.717, 1.165) is 11.3 Å². The molecule has 0 N–H and O–H groups in total. The largest absolute Gasteiger partial charge is 0.367 e. The van der Waals surface area contributed by atoms with Crippen LogP contribution in [-0.2, 0) is 0 Å². The van der Waals surface area contributed by atoms with Crippen molar-refractivity contribution in [1.82, 2.24) is 0 Å². The Morgan fingerprint density at radius 2 is 1.63 bits per heavy atom. The van der Waals surface area contributed by atoms with Crippen molar-refractivity contribution in [3.63, 3.8) is 0 Å². The number of hydrogen-bond donors (Lipinski definition) is 0. The second-order valence-corrected chi connectivity index (χ2v) is 4.93. The van der Waals surface area contributed by atoms with Crippen LogP contribution >= 0.6 is 0 Å². The van der Waals surface area contributed by atoms with Crippen LogP contribution in [-0.4, -0.2) is 19.4 Å². The molecule has 2 heteroatoms. The molecule has 2 nitrogen and oxygen atoms in total. The van der Waals surface area contributed by atoms with Crippen LogP contribution < -0.4 is 4.90 Å². The molecule has 0 unspecified atom stereocenters. The van der Waals surface area contributed by atoms with Crippen molar-refractivity contribution in [2.24, 2.45) is 0 Å². The van der Waals surface area contributed by atoms with Crippen molar-refractivity contribution in [1.29, 1.82) is 0 Å². The minimum atomic E-state index is 0.144. The molecule has 98 valence electrons. The number of Topliss-reactive ketones (excluding diaryl/α,β-unsaturated/α-hetero) is 1. The van der Waals surface area contributed by atoms with E-state index in [0.29, 0.717) is 6.54 Å². The van der Waals surface area contributed by atoms with Gasteiger partial charge in [-0.1, -0.05) is 48.0 Å². The third-order valence-corrected chi connectivity index (χ3v) is 3.28. The van der Waals surface area contributed by atoms with Crippen LogP contribution in [0.15, 0.2) is 48.5 Å². The maximum absolute atomic E-state index is 12.2. The Hall–Kier alpha value is -2.09. The highest BCUT2D eigenvalue weighted by atomic mass is 16.1. The average molecular weight is 253 g/mol. The number of carbonyl (C=O) groups excluding carboxylic acids is 1. The lowest BCUT2D eigenvalue weighted by molar-refractivity contribution is 0.100. The van der Waals surface area contributed by atoms with Gasteiger partial charge in [-0.15, -0.1) is 0 Å². The first-order valence-electron chi connectivity index (χ1n) is 6.44. The molecular weight excluding hydrogens is 234 g/mol. The summed E-state index contributed by atoms with van der Waals surface area (Å²) in [5, 5.41) is 0. The van der Waals surface area contributed by atoms with Crippen molar-refractivity contribution in [2.45, 2.75) is 13.8 Å². The summed E-state index contributed by atoms with van der Waals surface area (Å²) in [5.41, 5.74) is 4.22. The lowest BCUT2D eigenvalue weighted by Crippen LogP contribution is -2.26. The van der Waals surface area contributed by atoms with Gasteiger partial charge in [-0.2, -0.15) is 0 Å². The van der Waals surface area contributed by atoms with E-state index in [-0.39, 0.29) is 5.78 Å². The van der Waals surface area contributed by atoms with E-state index >= 15 is 0 Å². The molecule has 0 radical (unpaired) electrons. The van der Waals surface area contributed by atoms with Crippen molar-refractivity contribution < 1.29 is 4.79 Å². The fraction of sp³-hybridized carbons (Fsp3) is 0.235. The van der Waals surface area contributed by atoms with Crippen LogP contribution in [0.4, 0.5) is 5.69 Å². The Morgan fingerprint density at radius 1 is 1.00 bits per heavy atom. The van der Waals surface area contributed by atoms with Crippen molar-refractivity contribution in [3.8, 4) is 0 Å². The van der Waals surface area contributed by atoms with Gasteiger partial charge in [0, 0.05) is 18.3 Å². The molecule has 0 bridgehead atoms. The van der Waals surface area contributed by atoms with Gasteiger partial charge in [0.05, 0.1) is 6.54 Å². The molecule has 2 aromatic carbocycles. The Balaban J connectivity index is 2.11. The van der Waals surface area contributed by atoms with Gasteiger partial charge in [-0.25, -0.2) is 0 Å². The van der Waals surface area contributed by atoms with Crippen LogP contribution in [0, 0.1) is 13.8 Å². The van der Waals surface area contributed by atoms with Gasteiger partial charge in [-0.3, -0.25) is 4.79 Å². The van der Waals surface area contributed by atoms with Crippen molar-refractivity contribution in [2.75, 3.05) is 18.5 Å². The van der Waals surface area contributed by atoms with Crippen LogP contribution in [0.25, 0.3) is 0 Å². The van der Waals surface area contributed by atoms with Gasteiger partial charge < -0.3 is 4.90 Å². The molecule has 0 saturated heterocycles. The van der Waals surface area contributed by atoms with E-state index in [9.17, 15) is 4.79 Å². The van der Waals surface area contributed by atoms with E-state index in [4.69, 9.17) is 0 Å². The first-order chi connectivity index (χ1) is 9.08. The number of likely N-dealkylation sites (N-methyl/N-ethyl adjacent to an activating group) is 1. The molecular formula is C17H19NO. The molecule has 0 aliphatic carbocycles.